The second kappa shape index (κ2) is 5.84. The number of likely N-dealkylation sites (tertiary alicyclic amines) is 1. The lowest BCUT2D eigenvalue weighted by Gasteiger charge is -2.41. The molecule has 1 heterocycles. The van der Waals surface area contributed by atoms with E-state index in [9.17, 15) is 14.9 Å². The van der Waals surface area contributed by atoms with Gasteiger partial charge in [0.2, 0.25) is 0 Å². The Morgan fingerprint density at radius 2 is 1.76 bits per heavy atom. The Bertz CT molecular complexity index is 541. The van der Waals surface area contributed by atoms with Crippen LogP contribution in [0.5, 0.6) is 0 Å². The average Bonchev–Trinajstić information content (AvgIpc) is 2.54. The number of nitro benzene ring substituents is 1. The molecule has 1 aromatic carbocycles. The van der Waals surface area contributed by atoms with Gasteiger partial charge in [-0.1, -0.05) is 19.3 Å². The van der Waals surface area contributed by atoms with Crippen molar-refractivity contribution in [2.24, 2.45) is 11.8 Å². The smallest absolute Gasteiger partial charge is 0.269 e. The Labute approximate surface area is 124 Å². The number of hydrogen-bond acceptors (Lipinski definition) is 3. The van der Waals surface area contributed by atoms with Crippen LogP contribution in [0.15, 0.2) is 24.3 Å². The number of carbonyl (C=O) groups excluding carboxylic acids is 1. The zero-order valence-electron chi connectivity index (χ0n) is 12.0. The molecular weight excluding hydrogens is 268 g/mol. The minimum atomic E-state index is -0.443. The predicted molar refractivity (Wildman–Crippen MR) is 79.1 cm³/mol. The molecule has 1 amide bonds. The van der Waals surface area contributed by atoms with E-state index in [2.05, 4.69) is 0 Å². The number of non-ortho nitro benzene ring substituents is 1. The molecule has 2 fully saturated rings. The third-order valence-electron chi connectivity index (χ3n) is 4.90. The molecule has 3 rings (SSSR count). The number of benzene rings is 1. The molecule has 0 bridgehead atoms. The first-order valence-corrected chi connectivity index (χ1v) is 7.69. The van der Waals surface area contributed by atoms with Gasteiger partial charge in [-0.05, 0) is 36.8 Å². The summed E-state index contributed by atoms with van der Waals surface area (Å²) in [5.74, 6) is 1.45. The largest absolute Gasteiger partial charge is 0.338 e. The molecule has 1 aromatic rings. The maximum atomic E-state index is 12.5. The summed E-state index contributed by atoms with van der Waals surface area (Å²) >= 11 is 0. The highest BCUT2D eigenvalue weighted by atomic mass is 16.6. The van der Waals surface area contributed by atoms with Crippen molar-refractivity contribution in [2.45, 2.75) is 32.1 Å². The lowest BCUT2D eigenvalue weighted by Crippen LogP contribution is -2.44. The van der Waals surface area contributed by atoms with Crippen molar-refractivity contribution in [1.82, 2.24) is 4.90 Å². The summed E-state index contributed by atoms with van der Waals surface area (Å²) in [6, 6.07) is 5.93. The number of piperidine rings is 1. The maximum absolute atomic E-state index is 12.5. The van der Waals surface area contributed by atoms with E-state index in [0.29, 0.717) is 11.5 Å². The number of nitro groups is 1. The van der Waals surface area contributed by atoms with Crippen LogP contribution in [0.25, 0.3) is 0 Å². The second-order valence-corrected chi connectivity index (χ2v) is 6.15. The minimum absolute atomic E-state index is 0.00826. The SMILES string of the molecule is O=C(c1ccc([N+](=O)[O-])cc1)N1CC[C@H]2CCCC[C@@H]2C1. The number of fused-ring (bicyclic) bond motifs is 1. The van der Waals surface area contributed by atoms with E-state index in [0.717, 1.165) is 25.4 Å². The number of carbonyl (C=O) groups is 1. The molecule has 5 heteroatoms. The van der Waals surface area contributed by atoms with Gasteiger partial charge in [0.05, 0.1) is 4.92 Å². The van der Waals surface area contributed by atoms with Gasteiger partial charge in [-0.2, -0.15) is 0 Å². The van der Waals surface area contributed by atoms with Gasteiger partial charge in [-0.15, -0.1) is 0 Å². The molecular formula is C16H20N2O3. The minimum Gasteiger partial charge on any atom is -0.338 e. The van der Waals surface area contributed by atoms with E-state index in [-0.39, 0.29) is 11.6 Å². The van der Waals surface area contributed by atoms with Crippen LogP contribution in [-0.2, 0) is 0 Å². The van der Waals surface area contributed by atoms with Crippen molar-refractivity contribution in [2.75, 3.05) is 13.1 Å². The molecule has 2 atom stereocenters. The Morgan fingerprint density at radius 3 is 2.43 bits per heavy atom. The van der Waals surface area contributed by atoms with Crippen LogP contribution in [0.3, 0.4) is 0 Å². The first-order valence-electron chi connectivity index (χ1n) is 7.69. The Balaban J connectivity index is 1.68. The summed E-state index contributed by atoms with van der Waals surface area (Å²) in [7, 11) is 0. The molecule has 0 spiro atoms. The summed E-state index contributed by atoms with van der Waals surface area (Å²) in [6.45, 7) is 1.66. The van der Waals surface area contributed by atoms with Crippen molar-refractivity contribution in [3.8, 4) is 0 Å². The maximum Gasteiger partial charge on any atom is 0.269 e. The Hall–Kier alpha value is -1.91. The van der Waals surface area contributed by atoms with Gasteiger partial charge in [0.1, 0.15) is 0 Å². The predicted octanol–water partition coefficient (Wildman–Crippen LogP) is 3.25. The van der Waals surface area contributed by atoms with Crippen molar-refractivity contribution >= 4 is 11.6 Å². The quantitative estimate of drug-likeness (QED) is 0.620. The molecule has 1 saturated carbocycles. The second-order valence-electron chi connectivity index (χ2n) is 6.15. The fourth-order valence-electron chi connectivity index (χ4n) is 3.69. The molecule has 0 unspecified atom stereocenters. The van der Waals surface area contributed by atoms with Crippen molar-refractivity contribution < 1.29 is 9.72 Å². The molecule has 2 aliphatic rings. The van der Waals surface area contributed by atoms with Crippen LogP contribution < -0.4 is 0 Å². The van der Waals surface area contributed by atoms with E-state index >= 15 is 0 Å². The number of nitrogens with zero attached hydrogens (tertiary/aromatic N) is 2. The number of amides is 1. The van der Waals surface area contributed by atoms with Gasteiger partial charge >= 0.3 is 0 Å². The normalized spacial score (nSPS) is 25.2. The van der Waals surface area contributed by atoms with Crippen LogP contribution in [0.4, 0.5) is 5.69 Å². The number of rotatable bonds is 2. The highest BCUT2D eigenvalue weighted by molar-refractivity contribution is 5.94. The molecule has 0 aromatic heterocycles. The summed E-state index contributed by atoms with van der Waals surface area (Å²) in [4.78, 5) is 24.6. The monoisotopic (exact) mass is 288 g/mol. The van der Waals surface area contributed by atoms with Crippen molar-refractivity contribution in [3.05, 3.63) is 39.9 Å². The number of hydrogen-bond donors (Lipinski definition) is 0. The average molecular weight is 288 g/mol. The Morgan fingerprint density at radius 1 is 1.10 bits per heavy atom. The lowest BCUT2D eigenvalue weighted by atomic mass is 9.75. The van der Waals surface area contributed by atoms with Gasteiger partial charge < -0.3 is 4.90 Å². The van der Waals surface area contributed by atoms with Crippen molar-refractivity contribution in [1.29, 1.82) is 0 Å². The summed E-state index contributed by atoms with van der Waals surface area (Å²) < 4.78 is 0. The van der Waals surface area contributed by atoms with E-state index in [1.165, 1.54) is 37.8 Å². The van der Waals surface area contributed by atoms with Gasteiger partial charge in [-0.25, -0.2) is 0 Å². The molecule has 0 N–H and O–H groups in total. The Kier molecular flexibility index (Phi) is 3.90. The van der Waals surface area contributed by atoms with E-state index in [1.807, 2.05) is 4.90 Å². The van der Waals surface area contributed by atoms with Gasteiger partial charge in [-0.3, -0.25) is 14.9 Å². The fourth-order valence-corrected chi connectivity index (χ4v) is 3.69. The van der Waals surface area contributed by atoms with Crippen molar-refractivity contribution in [3.63, 3.8) is 0 Å². The zero-order chi connectivity index (χ0) is 14.8. The fraction of sp³-hybridized carbons (Fsp3) is 0.562. The molecule has 1 aliphatic carbocycles. The van der Waals surface area contributed by atoms with E-state index in [4.69, 9.17) is 0 Å². The van der Waals surface area contributed by atoms with Crippen LogP contribution in [0, 0.1) is 22.0 Å². The topological polar surface area (TPSA) is 63.4 Å². The first-order chi connectivity index (χ1) is 10.1. The summed E-state index contributed by atoms with van der Waals surface area (Å²) in [5.41, 5.74) is 0.576. The first kappa shape index (κ1) is 14.0. The standard InChI is InChI=1S/C16H20N2O3/c19-16(13-5-7-15(8-6-13)18(20)21)17-10-9-12-3-1-2-4-14(12)11-17/h5-8,12,14H,1-4,9-11H2/t12-,14-/m1/s1. The van der Waals surface area contributed by atoms with Crippen LogP contribution in [-0.4, -0.2) is 28.8 Å². The van der Waals surface area contributed by atoms with Gasteiger partial charge in [0.15, 0.2) is 0 Å². The molecule has 0 radical (unpaired) electrons. The van der Waals surface area contributed by atoms with E-state index < -0.39 is 4.92 Å². The molecule has 1 aliphatic heterocycles. The molecule has 21 heavy (non-hydrogen) atoms. The lowest BCUT2D eigenvalue weighted by molar-refractivity contribution is -0.384. The third kappa shape index (κ3) is 2.91. The van der Waals surface area contributed by atoms with Crippen LogP contribution in [0.2, 0.25) is 0 Å². The highest BCUT2D eigenvalue weighted by Gasteiger charge is 2.33. The van der Waals surface area contributed by atoms with E-state index in [1.54, 1.807) is 12.1 Å². The summed E-state index contributed by atoms with van der Waals surface area (Å²) in [6.07, 6.45) is 6.25. The van der Waals surface area contributed by atoms with Crippen LogP contribution >= 0.6 is 0 Å². The summed E-state index contributed by atoms with van der Waals surface area (Å²) in [5, 5.41) is 10.7. The molecule has 1 saturated heterocycles. The molecule has 5 nitrogen and oxygen atoms in total. The zero-order valence-corrected chi connectivity index (χ0v) is 12.0. The highest BCUT2D eigenvalue weighted by Crippen LogP contribution is 2.36. The van der Waals surface area contributed by atoms with Gasteiger partial charge in [0.25, 0.3) is 11.6 Å². The molecule has 112 valence electrons. The third-order valence-corrected chi connectivity index (χ3v) is 4.90. The van der Waals surface area contributed by atoms with Gasteiger partial charge in [0, 0.05) is 30.8 Å². The van der Waals surface area contributed by atoms with Crippen LogP contribution in [0.1, 0.15) is 42.5 Å².